The van der Waals surface area contributed by atoms with E-state index in [4.69, 9.17) is 4.74 Å². The van der Waals surface area contributed by atoms with E-state index < -0.39 is 0 Å². The number of aromatic hydroxyl groups is 1. The number of ether oxygens (including phenoxy) is 1. The zero-order valence-corrected chi connectivity index (χ0v) is 9.41. The lowest BCUT2D eigenvalue weighted by Gasteiger charge is -2.01. The van der Waals surface area contributed by atoms with Gasteiger partial charge in [-0.2, -0.15) is 0 Å². The summed E-state index contributed by atoms with van der Waals surface area (Å²) >= 11 is 0. The van der Waals surface area contributed by atoms with Crippen LogP contribution in [0.1, 0.15) is 17.2 Å². The average molecular weight is 226 g/mol. The van der Waals surface area contributed by atoms with Crippen molar-refractivity contribution in [1.29, 1.82) is 0 Å². The Morgan fingerprint density at radius 1 is 0.941 bits per heavy atom. The minimum Gasteiger partial charge on any atom is -0.508 e. The lowest BCUT2D eigenvalue weighted by atomic mass is 10.0. The van der Waals surface area contributed by atoms with Gasteiger partial charge in [0, 0.05) is 6.42 Å². The SMILES string of the molecule is Oc1ccccc1C[C@H]1O[C@@H]1c1ccccc1. The van der Waals surface area contributed by atoms with Crippen molar-refractivity contribution in [1.82, 2.24) is 0 Å². The Bertz CT molecular complexity index is 507. The lowest BCUT2D eigenvalue weighted by Crippen LogP contribution is -1.95. The molecule has 1 N–H and O–H groups in total. The van der Waals surface area contributed by atoms with Crippen LogP contribution in [0.2, 0.25) is 0 Å². The Hall–Kier alpha value is -1.80. The molecule has 1 saturated heterocycles. The second-order valence-electron chi connectivity index (χ2n) is 4.34. The fourth-order valence-electron chi connectivity index (χ4n) is 2.13. The molecule has 1 heterocycles. The van der Waals surface area contributed by atoms with Gasteiger partial charge in [0.1, 0.15) is 11.9 Å². The molecule has 0 bridgehead atoms. The van der Waals surface area contributed by atoms with Crippen LogP contribution in [0.3, 0.4) is 0 Å². The zero-order valence-electron chi connectivity index (χ0n) is 9.41. The van der Waals surface area contributed by atoms with Crippen LogP contribution >= 0.6 is 0 Å². The van der Waals surface area contributed by atoms with Crippen molar-refractivity contribution in [3.8, 4) is 5.75 Å². The van der Waals surface area contributed by atoms with Crippen molar-refractivity contribution in [3.05, 3.63) is 65.7 Å². The molecule has 1 aliphatic heterocycles. The third-order valence-electron chi connectivity index (χ3n) is 3.12. The van der Waals surface area contributed by atoms with Gasteiger partial charge in [-0.15, -0.1) is 0 Å². The second kappa shape index (κ2) is 4.22. The van der Waals surface area contributed by atoms with Crippen molar-refractivity contribution in [2.75, 3.05) is 0 Å². The maximum absolute atomic E-state index is 9.69. The molecule has 1 aliphatic rings. The van der Waals surface area contributed by atoms with Gasteiger partial charge < -0.3 is 9.84 Å². The van der Waals surface area contributed by atoms with Gasteiger partial charge in [0.25, 0.3) is 0 Å². The average Bonchev–Trinajstić information content (AvgIpc) is 3.13. The maximum atomic E-state index is 9.69. The number of hydrogen-bond acceptors (Lipinski definition) is 2. The molecule has 2 aromatic carbocycles. The fraction of sp³-hybridized carbons (Fsp3) is 0.200. The molecule has 0 aliphatic carbocycles. The predicted octanol–water partition coefficient (Wildman–Crippen LogP) is 3.07. The van der Waals surface area contributed by atoms with Crippen LogP contribution in [0.5, 0.6) is 5.75 Å². The largest absolute Gasteiger partial charge is 0.508 e. The number of phenolic OH excluding ortho intramolecular Hbond substituents is 1. The van der Waals surface area contributed by atoms with Crippen LogP contribution in [0, 0.1) is 0 Å². The molecule has 17 heavy (non-hydrogen) atoms. The van der Waals surface area contributed by atoms with Gasteiger partial charge in [-0.1, -0.05) is 48.5 Å². The van der Waals surface area contributed by atoms with Gasteiger partial charge in [0.2, 0.25) is 0 Å². The molecule has 2 atom stereocenters. The highest BCUT2D eigenvalue weighted by molar-refractivity contribution is 5.34. The smallest absolute Gasteiger partial charge is 0.118 e. The van der Waals surface area contributed by atoms with Crippen molar-refractivity contribution in [2.24, 2.45) is 0 Å². The summed E-state index contributed by atoms with van der Waals surface area (Å²) < 4.78 is 5.65. The molecule has 0 unspecified atom stereocenters. The molecule has 1 fully saturated rings. The zero-order chi connectivity index (χ0) is 11.7. The summed E-state index contributed by atoms with van der Waals surface area (Å²) in [7, 11) is 0. The topological polar surface area (TPSA) is 32.8 Å². The summed E-state index contributed by atoms with van der Waals surface area (Å²) in [6, 6.07) is 17.6. The van der Waals surface area contributed by atoms with E-state index in [1.54, 1.807) is 6.07 Å². The molecule has 2 heteroatoms. The molecule has 3 rings (SSSR count). The predicted molar refractivity (Wildman–Crippen MR) is 65.9 cm³/mol. The monoisotopic (exact) mass is 226 g/mol. The fourth-order valence-corrected chi connectivity index (χ4v) is 2.13. The first kappa shape index (κ1) is 10.4. The van der Waals surface area contributed by atoms with Gasteiger partial charge in [0.05, 0.1) is 6.10 Å². The molecule has 0 radical (unpaired) electrons. The van der Waals surface area contributed by atoms with Crippen LogP contribution in [0.4, 0.5) is 0 Å². The van der Waals surface area contributed by atoms with Crippen LogP contribution in [0.15, 0.2) is 54.6 Å². The Balaban J connectivity index is 1.69. The van der Waals surface area contributed by atoms with E-state index in [2.05, 4.69) is 12.1 Å². The summed E-state index contributed by atoms with van der Waals surface area (Å²) in [5.74, 6) is 0.356. The van der Waals surface area contributed by atoms with E-state index in [0.29, 0.717) is 5.75 Å². The van der Waals surface area contributed by atoms with E-state index >= 15 is 0 Å². The van der Waals surface area contributed by atoms with E-state index in [0.717, 1.165) is 12.0 Å². The first-order valence-corrected chi connectivity index (χ1v) is 5.82. The summed E-state index contributed by atoms with van der Waals surface area (Å²) in [6.45, 7) is 0. The molecule has 0 saturated carbocycles. The first-order chi connectivity index (χ1) is 8.34. The molecule has 0 spiro atoms. The van der Waals surface area contributed by atoms with Gasteiger partial charge in [-0.25, -0.2) is 0 Å². The summed E-state index contributed by atoms with van der Waals surface area (Å²) in [5.41, 5.74) is 2.17. The number of para-hydroxylation sites is 1. The van der Waals surface area contributed by atoms with Crippen molar-refractivity contribution in [2.45, 2.75) is 18.6 Å². The minimum atomic E-state index is 0.191. The normalized spacial score (nSPS) is 22.4. The van der Waals surface area contributed by atoms with E-state index in [9.17, 15) is 5.11 Å². The van der Waals surface area contributed by atoms with E-state index in [-0.39, 0.29) is 12.2 Å². The number of epoxide rings is 1. The molecular formula is C15H14O2. The van der Waals surface area contributed by atoms with Crippen LogP contribution in [-0.2, 0) is 11.2 Å². The van der Waals surface area contributed by atoms with Gasteiger partial charge in [0.15, 0.2) is 0 Å². The molecule has 86 valence electrons. The lowest BCUT2D eigenvalue weighted by molar-refractivity contribution is 0.370. The van der Waals surface area contributed by atoms with Crippen molar-refractivity contribution in [3.63, 3.8) is 0 Å². The van der Waals surface area contributed by atoms with Crippen LogP contribution < -0.4 is 0 Å². The second-order valence-corrected chi connectivity index (χ2v) is 4.34. The van der Waals surface area contributed by atoms with Crippen LogP contribution in [0.25, 0.3) is 0 Å². The highest BCUT2D eigenvalue weighted by Gasteiger charge is 2.40. The Labute approximate surface area is 100 Å². The van der Waals surface area contributed by atoms with Crippen molar-refractivity contribution >= 4 is 0 Å². The molecule has 2 aromatic rings. The van der Waals surface area contributed by atoms with Crippen LogP contribution in [-0.4, -0.2) is 11.2 Å². The Morgan fingerprint density at radius 3 is 2.41 bits per heavy atom. The third-order valence-corrected chi connectivity index (χ3v) is 3.12. The standard InChI is InChI=1S/C15H14O2/c16-13-9-5-4-8-12(13)10-14-15(17-14)11-6-2-1-3-7-11/h1-9,14-16H,10H2/t14-,15-/m1/s1. The van der Waals surface area contributed by atoms with E-state index in [1.807, 2.05) is 36.4 Å². The Morgan fingerprint density at radius 2 is 1.65 bits per heavy atom. The highest BCUT2D eigenvalue weighted by atomic mass is 16.6. The number of hydrogen-bond donors (Lipinski definition) is 1. The van der Waals surface area contributed by atoms with Gasteiger partial charge in [-0.3, -0.25) is 0 Å². The van der Waals surface area contributed by atoms with Gasteiger partial charge in [-0.05, 0) is 17.2 Å². The van der Waals surface area contributed by atoms with E-state index in [1.165, 1.54) is 5.56 Å². The molecular weight excluding hydrogens is 212 g/mol. The third kappa shape index (κ3) is 2.17. The highest BCUT2D eigenvalue weighted by Crippen LogP contribution is 2.41. The molecule has 0 amide bonds. The summed E-state index contributed by atoms with van der Waals surface area (Å²) in [4.78, 5) is 0. The Kier molecular flexibility index (Phi) is 2.57. The quantitative estimate of drug-likeness (QED) is 0.816. The minimum absolute atomic E-state index is 0.191. The molecule has 0 aromatic heterocycles. The number of benzene rings is 2. The van der Waals surface area contributed by atoms with Gasteiger partial charge >= 0.3 is 0 Å². The maximum Gasteiger partial charge on any atom is 0.118 e. The summed E-state index contributed by atoms with van der Waals surface area (Å²) in [6.07, 6.45) is 1.16. The molecule has 2 nitrogen and oxygen atoms in total. The summed E-state index contributed by atoms with van der Waals surface area (Å²) in [5, 5.41) is 9.69. The first-order valence-electron chi connectivity index (χ1n) is 5.82. The number of phenols is 1. The van der Waals surface area contributed by atoms with Crippen molar-refractivity contribution < 1.29 is 9.84 Å². The number of rotatable bonds is 3.